The van der Waals surface area contributed by atoms with E-state index in [-0.39, 0.29) is 6.10 Å². The van der Waals surface area contributed by atoms with Crippen molar-refractivity contribution in [3.05, 3.63) is 34.9 Å². The molecule has 2 nitrogen and oxygen atoms in total. The molecule has 0 heterocycles. The van der Waals surface area contributed by atoms with Crippen LogP contribution in [-0.4, -0.2) is 17.3 Å². The standard InChI is InChI=1S/C15H23NO/c1-11-3-4-12(2)13(9-11)10-16-14-5-7-15(17)8-6-14/h3-4,9,14-17H,5-8,10H2,1-2H3. The largest absolute Gasteiger partial charge is 0.393 e. The Morgan fingerprint density at radius 2 is 1.88 bits per heavy atom. The Kier molecular flexibility index (Phi) is 4.19. The van der Waals surface area contributed by atoms with Gasteiger partial charge in [-0.05, 0) is 50.7 Å². The summed E-state index contributed by atoms with van der Waals surface area (Å²) < 4.78 is 0. The van der Waals surface area contributed by atoms with Gasteiger partial charge < -0.3 is 10.4 Å². The van der Waals surface area contributed by atoms with Crippen LogP contribution in [0.15, 0.2) is 18.2 Å². The van der Waals surface area contributed by atoms with E-state index < -0.39 is 0 Å². The van der Waals surface area contributed by atoms with Crippen LogP contribution >= 0.6 is 0 Å². The topological polar surface area (TPSA) is 32.3 Å². The van der Waals surface area contributed by atoms with E-state index in [1.807, 2.05) is 0 Å². The highest BCUT2D eigenvalue weighted by atomic mass is 16.3. The fourth-order valence-electron chi connectivity index (χ4n) is 2.52. The molecule has 0 aliphatic heterocycles. The molecular weight excluding hydrogens is 210 g/mol. The van der Waals surface area contributed by atoms with Crippen LogP contribution in [0.25, 0.3) is 0 Å². The number of benzene rings is 1. The third kappa shape index (κ3) is 3.55. The molecule has 1 aliphatic rings. The molecular formula is C15H23NO. The van der Waals surface area contributed by atoms with Gasteiger partial charge in [0.15, 0.2) is 0 Å². The first-order valence-corrected chi connectivity index (χ1v) is 6.63. The normalized spacial score (nSPS) is 24.9. The van der Waals surface area contributed by atoms with Gasteiger partial charge in [-0.1, -0.05) is 23.8 Å². The third-order valence-corrected chi connectivity index (χ3v) is 3.78. The summed E-state index contributed by atoms with van der Waals surface area (Å²) in [5.41, 5.74) is 4.08. The number of aliphatic hydroxyl groups is 1. The van der Waals surface area contributed by atoms with E-state index in [0.29, 0.717) is 6.04 Å². The molecule has 94 valence electrons. The SMILES string of the molecule is Cc1ccc(C)c(CNC2CCC(O)CC2)c1. The van der Waals surface area contributed by atoms with Crippen molar-refractivity contribution in [1.82, 2.24) is 5.32 Å². The summed E-state index contributed by atoms with van der Waals surface area (Å²) in [5, 5.41) is 13.1. The van der Waals surface area contributed by atoms with Gasteiger partial charge in [0, 0.05) is 12.6 Å². The van der Waals surface area contributed by atoms with Crippen LogP contribution < -0.4 is 5.32 Å². The van der Waals surface area contributed by atoms with E-state index in [9.17, 15) is 5.11 Å². The quantitative estimate of drug-likeness (QED) is 0.841. The molecule has 1 aromatic rings. The molecule has 0 saturated heterocycles. The summed E-state index contributed by atoms with van der Waals surface area (Å²) in [5.74, 6) is 0. The van der Waals surface area contributed by atoms with Gasteiger partial charge >= 0.3 is 0 Å². The van der Waals surface area contributed by atoms with Gasteiger partial charge in [-0.2, -0.15) is 0 Å². The number of rotatable bonds is 3. The molecule has 1 fully saturated rings. The van der Waals surface area contributed by atoms with Gasteiger partial charge in [-0.25, -0.2) is 0 Å². The van der Waals surface area contributed by atoms with Crippen molar-refractivity contribution >= 4 is 0 Å². The van der Waals surface area contributed by atoms with Crippen molar-refractivity contribution in [1.29, 1.82) is 0 Å². The molecule has 2 heteroatoms. The first-order chi connectivity index (χ1) is 8.15. The monoisotopic (exact) mass is 233 g/mol. The Morgan fingerprint density at radius 3 is 2.59 bits per heavy atom. The lowest BCUT2D eigenvalue weighted by molar-refractivity contribution is 0.116. The van der Waals surface area contributed by atoms with Gasteiger partial charge in [0.05, 0.1) is 6.10 Å². The van der Waals surface area contributed by atoms with Crippen molar-refractivity contribution in [3.8, 4) is 0 Å². The van der Waals surface area contributed by atoms with Crippen LogP contribution in [0.2, 0.25) is 0 Å². The zero-order valence-electron chi connectivity index (χ0n) is 10.9. The third-order valence-electron chi connectivity index (χ3n) is 3.78. The maximum Gasteiger partial charge on any atom is 0.0541 e. The van der Waals surface area contributed by atoms with Crippen molar-refractivity contribution < 1.29 is 5.11 Å². The first-order valence-electron chi connectivity index (χ1n) is 6.63. The maximum absolute atomic E-state index is 9.46. The second-order valence-corrected chi connectivity index (χ2v) is 5.32. The smallest absolute Gasteiger partial charge is 0.0541 e. The van der Waals surface area contributed by atoms with Crippen LogP contribution in [0.3, 0.4) is 0 Å². The summed E-state index contributed by atoms with van der Waals surface area (Å²) in [4.78, 5) is 0. The van der Waals surface area contributed by atoms with E-state index in [4.69, 9.17) is 0 Å². The van der Waals surface area contributed by atoms with E-state index in [1.54, 1.807) is 0 Å². The van der Waals surface area contributed by atoms with Crippen LogP contribution in [0.5, 0.6) is 0 Å². The Labute approximate surface area is 104 Å². The second-order valence-electron chi connectivity index (χ2n) is 5.32. The van der Waals surface area contributed by atoms with Gasteiger partial charge in [0.1, 0.15) is 0 Å². The van der Waals surface area contributed by atoms with Crippen LogP contribution in [0, 0.1) is 13.8 Å². The van der Waals surface area contributed by atoms with Crippen LogP contribution in [-0.2, 0) is 6.54 Å². The molecule has 0 amide bonds. The Bertz CT molecular complexity index is 367. The highest BCUT2D eigenvalue weighted by Gasteiger charge is 2.18. The molecule has 0 unspecified atom stereocenters. The van der Waals surface area contributed by atoms with Crippen molar-refractivity contribution in [2.45, 2.75) is 58.2 Å². The van der Waals surface area contributed by atoms with E-state index in [1.165, 1.54) is 16.7 Å². The lowest BCUT2D eigenvalue weighted by Crippen LogP contribution is -2.34. The molecule has 17 heavy (non-hydrogen) atoms. The second kappa shape index (κ2) is 5.65. The molecule has 1 aliphatic carbocycles. The number of nitrogens with one attached hydrogen (secondary N) is 1. The first kappa shape index (κ1) is 12.6. The minimum atomic E-state index is -0.0613. The lowest BCUT2D eigenvalue weighted by Gasteiger charge is -2.26. The summed E-state index contributed by atoms with van der Waals surface area (Å²) in [6, 6.07) is 7.20. The molecule has 1 aromatic carbocycles. The summed E-state index contributed by atoms with van der Waals surface area (Å²) in [6.45, 7) is 5.26. The molecule has 0 atom stereocenters. The van der Waals surface area contributed by atoms with Gasteiger partial charge in [0.2, 0.25) is 0 Å². The van der Waals surface area contributed by atoms with Crippen molar-refractivity contribution in [2.75, 3.05) is 0 Å². The molecule has 1 saturated carbocycles. The van der Waals surface area contributed by atoms with Crippen molar-refractivity contribution in [2.24, 2.45) is 0 Å². The van der Waals surface area contributed by atoms with Gasteiger partial charge in [-0.3, -0.25) is 0 Å². The number of hydrogen-bond acceptors (Lipinski definition) is 2. The highest BCUT2D eigenvalue weighted by Crippen LogP contribution is 2.19. The number of hydrogen-bond donors (Lipinski definition) is 2. The van der Waals surface area contributed by atoms with Gasteiger partial charge in [0.25, 0.3) is 0 Å². The summed E-state index contributed by atoms with van der Waals surface area (Å²) in [6.07, 6.45) is 4.04. The Balaban J connectivity index is 1.87. The molecule has 0 aromatic heterocycles. The molecule has 0 radical (unpaired) electrons. The van der Waals surface area contributed by atoms with E-state index >= 15 is 0 Å². The molecule has 0 spiro atoms. The average Bonchev–Trinajstić information content (AvgIpc) is 2.32. The fourth-order valence-corrected chi connectivity index (χ4v) is 2.52. The molecule has 2 rings (SSSR count). The number of aryl methyl sites for hydroxylation is 2. The Morgan fingerprint density at radius 1 is 1.18 bits per heavy atom. The van der Waals surface area contributed by atoms with E-state index in [0.717, 1.165) is 32.2 Å². The minimum Gasteiger partial charge on any atom is -0.393 e. The highest BCUT2D eigenvalue weighted by molar-refractivity contribution is 5.30. The summed E-state index contributed by atoms with van der Waals surface area (Å²) in [7, 11) is 0. The lowest BCUT2D eigenvalue weighted by atomic mass is 9.93. The van der Waals surface area contributed by atoms with E-state index in [2.05, 4.69) is 37.4 Å². The van der Waals surface area contributed by atoms with Crippen LogP contribution in [0.1, 0.15) is 42.4 Å². The number of aliphatic hydroxyl groups excluding tert-OH is 1. The zero-order chi connectivity index (χ0) is 12.3. The maximum atomic E-state index is 9.46. The molecule has 2 N–H and O–H groups in total. The zero-order valence-corrected chi connectivity index (χ0v) is 10.9. The predicted octanol–water partition coefficient (Wildman–Crippen LogP) is 2.70. The van der Waals surface area contributed by atoms with Gasteiger partial charge in [-0.15, -0.1) is 0 Å². The van der Waals surface area contributed by atoms with Crippen LogP contribution in [0.4, 0.5) is 0 Å². The van der Waals surface area contributed by atoms with Crippen molar-refractivity contribution in [3.63, 3.8) is 0 Å². The summed E-state index contributed by atoms with van der Waals surface area (Å²) >= 11 is 0. The molecule has 0 bridgehead atoms. The predicted molar refractivity (Wildman–Crippen MR) is 71.0 cm³/mol. The minimum absolute atomic E-state index is 0.0613. The Hall–Kier alpha value is -0.860. The fraction of sp³-hybridized carbons (Fsp3) is 0.600. The average molecular weight is 233 g/mol.